The van der Waals surface area contributed by atoms with Gasteiger partial charge < -0.3 is 14.8 Å². The zero-order valence-corrected chi connectivity index (χ0v) is 12.1. The Morgan fingerprint density at radius 2 is 2.00 bits per heavy atom. The second-order valence-corrected chi connectivity index (χ2v) is 5.13. The molecule has 0 amide bonds. The SMILES string of the molecule is CCNCc1ccc(OC)cc1OC1CCCCC1. The second-order valence-electron chi connectivity index (χ2n) is 5.13. The van der Waals surface area contributed by atoms with Crippen LogP contribution in [0.15, 0.2) is 18.2 Å². The summed E-state index contributed by atoms with van der Waals surface area (Å²) < 4.78 is 11.5. The van der Waals surface area contributed by atoms with Gasteiger partial charge in [-0.2, -0.15) is 0 Å². The van der Waals surface area contributed by atoms with Crippen molar-refractivity contribution in [1.29, 1.82) is 0 Å². The highest BCUT2D eigenvalue weighted by Crippen LogP contribution is 2.29. The fraction of sp³-hybridized carbons (Fsp3) is 0.625. The molecule has 0 spiro atoms. The van der Waals surface area contributed by atoms with Gasteiger partial charge in [0.1, 0.15) is 11.5 Å². The fourth-order valence-electron chi connectivity index (χ4n) is 2.54. The van der Waals surface area contributed by atoms with Crippen LogP contribution in [-0.2, 0) is 6.54 Å². The molecule has 106 valence electrons. The summed E-state index contributed by atoms with van der Waals surface area (Å²) in [5, 5.41) is 3.36. The molecule has 1 aliphatic rings. The molecule has 1 saturated carbocycles. The monoisotopic (exact) mass is 263 g/mol. The van der Waals surface area contributed by atoms with Gasteiger partial charge >= 0.3 is 0 Å². The summed E-state index contributed by atoms with van der Waals surface area (Å²) in [6, 6.07) is 6.11. The van der Waals surface area contributed by atoms with Crippen molar-refractivity contribution < 1.29 is 9.47 Å². The Bertz CT molecular complexity index is 386. The normalized spacial score (nSPS) is 16.3. The molecular formula is C16H25NO2. The molecule has 1 aromatic rings. The van der Waals surface area contributed by atoms with Crippen LogP contribution in [0.1, 0.15) is 44.6 Å². The summed E-state index contributed by atoms with van der Waals surface area (Å²) in [4.78, 5) is 0. The molecule has 1 aromatic carbocycles. The molecule has 0 aromatic heterocycles. The molecular weight excluding hydrogens is 238 g/mol. The van der Waals surface area contributed by atoms with E-state index >= 15 is 0 Å². The van der Waals surface area contributed by atoms with Gasteiger partial charge in [0.2, 0.25) is 0 Å². The summed E-state index contributed by atoms with van der Waals surface area (Å²) in [6.07, 6.45) is 6.66. The zero-order valence-electron chi connectivity index (χ0n) is 12.1. The van der Waals surface area contributed by atoms with Gasteiger partial charge in [0.15, 0.2) is 0 Å². The molecule has 3 heteroatoms. The number of nitrogens with one attached hydrogen (secondary N) is 1. The van der Waals surface area contributed by atoms with Crippen LogP contribution in [0.2, 0.25) is 0 Å². The van der Waals surface area contributed by atoms with E-state index in [1.54, 1.807) is 7.11 Å². The van der Waals surface area contributed by atoms with Gasteiger partial charge in [0.05, 0.1) is 13.2 Å². The molecule has 0 unspecified atom stereocenters. The first kappa shape index (κ1) is 14.2. The number of methoxy groups -OCH3 is 1. The Morgan fingerprint density at radius 3 is 2.68 bits per heavy atom. The minimum atomic E-state index is 0.376. The smallest absolute Gasteiger partial charge is 0.127 e. The summed E-state index contributed by atoms with van der Waals surface area (Å²) in [7, 11) is 1.70. The van der Waals surface area contributed by atoms with Gasteiger partial charge in [-0.3, -0.25) is 0 Å². The predicted octanol–water partition coefficient (Wildman–Crippen LogP) is 3.52. The number of ether oxygens (including phenoxy) is 2. The number of benzene rings is 1. The van der Waals surface area contributed by atoms with Gasteiger partial charge in [0.25, 0.3) is 0 Å². The van der Waals surface area contributed by atoms with Crippen molar-refractivity contribution in [1.82, 2.24) is 5.32 Å². The van der Waals surface area contributed by atoms with E-state index in [0.29, 0.717) is 6.10 Å². The zero-order chi connectivity index (χ0) is 13.5. The van der Waals surface area contributed by atoms with Crippen LogP contribution < -0.4 is 14.8 Å². The lowest BCUT2D eigenvalue weighted by molar-refractivity contribution is 0.153. The van der Waals surface area contributed by atoms with Gasteiger partial charge in [0, 0.05) is 18.2 Å². The Labute approximate surface area is 116 Å². The third-order valence-electron chi connectivity index (χ3n) is 3.69. The average molecular weight is 263 g/mol. The van der Waals surface area contributed by atoms with Crippen LogP contribution in [0, 0.1) is 0 Å². The van der Waals surface area contributed by atoms with Crippen molar-refractivity contribution in [3.8, 4) is 11.5 Å². The molecule has 1 fully saturated rings. The molecule has 0 aliphatic heterocycles. The Hall–Kier alpha value is -1.22. The third kappa shape index (κ3) is 4.13. The van der Waals surface area contributed by atoms with E-state index in [9.17, 15) is 0 Å². The third-order valence-corrected chi connectivity index (χ3v) is 3.69. The van der Waals surface area contributed by atoms with Crippen molar-refractivity contribution >= 4 is 0 Å². The van der Waals surface area contributed by atoms with Crippen LogP contribution in [0.5, 0.6) is 11.5 Å². The van der Waals surface area contributed by atoms with Crippen LogP contribution in [0.25, 0.3) is 0 Å². The van der Waals surface area contributed by atoms with E-state index < -0.39 is 0 Å². The maximum atomic E-state index is 6.21. The molecule has 19 heavy (non-hydrogen) atoms. The van der Waals surface area contributed by atoms with E-state index in [0.717, 1.165) is 24.6 Å². The molecule has 2 rings (SSSR count). The maximum Gasteiger partial charge on any atom is 0.127 e. The lowest BCUT2D eigenvalue weighted by Gasteiger charge is -2.24. The number of hydrogen-bond donors (Lipinski definition) is 1. The first-order valence-corrected chi connectivity index (χ1v) is 7.37. The second kappa shape index (κ2) is 7.39. The van der Waals surface area contributed by atoms with E-state index in [1.807, 2.05) is 12.1 Å². The van der Waals surface area contributed by atoms with Crippen LogP contribution in [0.4, 0.5) is 0 Å². The molecule has 0 radical (unpaired) electrons. The van der Waals surface area contributed by atoms with Crippen molar-refractivity contribution in [3.05, 3.63) is 23.8 Å². The lowest BCUT2D eigenvalue weighted by Crippen LogP contribution is -2.21. The molecule has 0 heterocycles. The molecule has 0 saturated heterocycles. The summed E-state index contributed by atoms with van der Waals surface area (Å²) in [6.45, 7) is 3.93. The van der Waals surface area contributed by atoms with Crippen LogP contribution in [0.3, 0.4) is 0 Å². The minimum Gasteiger partial charge on any atom is -0.497 e. The summed E-state index contributed by atoms with van der Waals surface area (Å²) >= 11 is 0. The van der Waals surface area contributed by atoms with E-state index in [-0.39, 0.29) is 0 Å². The van der Waals surface area contributed by atoms with Crippen molar-refractivity contribution in [3.63, 3.8) is 0 Å². The average Bonchev–Trinajstić information content (AvgIpc) is 2.47. The maximum absolute atomic E-state index is 6.21. The highest BCUT2D eigenvalue weighted by Gasteiger charge is 2.16. The van der Waals surface area contributed by atoms with Gasteiger partial charge in [-0.05, 0) is 38.3 Å². The highest BCUT2D eigenvalue weighted by molar-refractivity contribution is 5.40. The molecule has 3 nitrogen and oxygen atoms in total. The van der Waals surface area contributed by atoms with Crippen molar-refractivity contribution in [2.45, 2.75) is 51.7 Å². The van der Waals surface area contributed by atoms with Crippen LogP contribution in [-0.4, -0.2) is 19.8 Å². The lowest BCUT2D eigenvalue weighted by atomic mass is 9.97. The molecule has 0 atom stereocenters. The first-order valence-electron chi connectivity index (χ1n) is 7.37. The Balaban J connectivity index is 2.09. The number of rotatable bonds is 6. The van der Waals surface area contributed by atoms with E-state index in [2.05, 4.69) is 18.3 Å². The standard InChI is InChI=1S/C16H25NO2/c1-3-17-12-13-9-10-15(18-2)11-16(13)19-14-7-5-4-6-8-14/h9-11,14,17H,3-8,12H2,1-2H3. The van der Waals surface area contributed by atoms with Gasteiger partial charge in [-0.15, -0.1) is 0 Å². The van der Waals surface area contributed by atoms with Gasteiger partial charge in [-0.1, -0.05) is 19.4 Å². The van der Waals surface area contributed by atoms with E-state index in [1.165, 1.54) is 37.7 Å². The Morgan fingerprint density at radius 1 is 1.21 bits per heavy atom. The first-order chi connectivity index (χ1) is 9.33. The van der Waals surface area contributed by atoms with Crippen molar-refractivity contribution in [2.75, 3.05) is 13.7 Å². The molecule has 0 bridgehead atoms. The summed E-state index contributed by atoms with van der Waals surface area (Å²) in [5.41, 5.74) is 1.22. The Kier molecular flexibility index (Phi) is 5.52. The largest absolute Gasteiger partial charge is 0.497 e. The van der Waals surface area contributed by atoms with Crippen LogP contribution >= 0.6 is 0 Å². The number of hydrogen-bond acceptors (Lipinski definition) is 3. The van der Waals surface area contributed by atoms with E-state index in [4.69, 9.17) is 9.47 Å². The molecule has 1 N–H and O–H groups in total. The van der Waals surface area contributed by atoms with Crippen molar-refractivity contribution in [2.24, 2.45) is 0 Å². The quantitative estimate of drug-likeness (QED) is 0.852. The minimum absolute atomic E-state index is 0.376. The fourth-order valence-corrected chi connectivity index (χ4v) is 2.54. The predicted molar refractivity (Wildman–Crippen MR) is 77.9 cm³/mol. The summed E-state index contributed by atoms with van der Waals surface area (Å²) in [5.74, 6) is 1.85. The highest BCUT2D eigenvalue weighted by atomic mass is 16.5. The van der Waals surface area contributed by atoms with Gasteiger partial charge in [-0.25, -0.2) is 0 Å². The topological polar surface area (TPSA) is 30.5 Å². The molecule has 1 aliphatic carbocycles.